The van der Waals surface area contributed by atoms with Gasteiger partial charge >= 0.3 is 11.9 Å². The van der Waals surface area contributed by atoms with Crippen molar-refractivity contribution in [2.24, 2.45) is 7.05 Å². The normalized spacial score (nSPS) is 11.6. The summed E-state index contributed by atoms with van der Waals surface area (Å²) in [6, 6.07) is 12.5. The fourth-order valence-corrected chi connectivity index (χ4v) is 4.85. The highest BCUT2D eigenvalue weighted by atomic mass is 35.5. The molecule has 0 N–H and O–H groups in total. The standard InChI is InChI=1S/C23H16Cl2F3N3O3S/c1-12-20(34-11-13-6-4-3-5-7-13)29-21(35-12)14-8-17(16(25)9-15(14)24)31-19(32)10-18(23(26,27)28)30(2)22(31)33/h3-10H,11H2,1-2H3. The molecule has 0 saturated heterocycles. The van der Waals surface area contributed by atoms with Crippen LogP contribution in [0.1, 0.15) is 16.1 Å². The molecule has 0 radical (unpaired) electrons. The number of halogens is 5. The molecule has 2 heterocycles. The Hall–Kier alpha value is -3.08. The minimum absolute atomic E-state index is 0.0912. The van der Waals surface area contributed by atoms with Crippen molar-refractivity contribution in [1.82, 2.24) is 14.1 Å². The topological polar surface area (TPSA) is 66.1 Å². The Bertz CT molecular complexity index is 1530. The summed E-state index contributed by atoms with van der Waals surface area (Å²) < 4.78 is 46.3. The Balaban J connectivity index is 1.77. The Kier molecular flexibility index (Phi) is 6.81. The van der Waals surface area contributed by atoms with Crippen molar-refractivity contribution >= 4 is 34.5 Å². The third kappa shape index (κ3) is 5.00. The Morgan fingerprint density at radius 2 is 1.74 bits per heavy atom. The molecule has 0 bridgehead atoms. The zero-order valence-corrected chi connectivity index (χ0v) is 20.5. The molecule has 2 aromatic carbocycles. The molecule has 0 saturated carbocycles. The molecular formula is C23H16Cl2F3N3O3S. The molecule has 0 fully saturated rings. The van der Waals surface area contributed by atoms with E-state index in [9.17, 15) is 22.8 Å². The lowest BCUT2D eigenvalue weighted by atomic mass is 10.2. The summed E-state index contributed by atoms with van der Waals surface area (Å²) in [5, 5.41) is 0.510. The minimum Gasteiger partial charge on any atom is -0.472 e. The third-order valence-electron chi connectivity index (χ3n) is 5.09. The van der Waals surface area contributed by atoms with Crippen LogP contribution in [0, 0.1) is 6.92 Å². The van der Waals surface area contributed by atoms with Crippen LogP contribution >= 0.6 is 34.5 Å². The van der Waals surface area contributed by atoms with Crippen LogP contribution in [0.3, 0.4) is 0 Å². The van der Waals surface area contributed by atoms with E-state index >= 15 is 0 Å². The average molecular weight is 542 g/mol. The second-order valence-electron chi connectivity index (χ2n) is 7.48. The molecule has 12 heteroatoms. The van der Waals surface area contributed by atoms with Crippen molar-refractivity contribution in [2.75, 3.05) is 0 Å². The fraction of sp³-hybridized carbons (Fsp3) is 0.174. The molecule has 4 rings (SSSR count). The van der Waals surface area contributed by atoms with Gasteiger partial charge < -0.3 is 4.74 Å². The SMILES string of the molecule is Cc1sc(-c2cc(-n3c(=O)cc(C(F)(F)F)n(C)c3=O)c(Cl)cc2Cl)nc1OCc1ccccc1. The van der Waals surface area contributed by atoms with Gasteiger partial charge in [-0.15, -0.1) is 11.3 Å². The van der Waals surface area contributed by atoms with Crippen LogP contribution in [0.15, 0.2) is 58.1 Å². The Morgan fingerprint density at radius 1 is 1.06 bits per heavy atom. The zero-order chi connectivity index (χ0) is 25.5. The first kappa shape index (κ1) is 25.0. The van der Waals surface area contributed by atoms with Gasteiger partial charge in [0.05, 0.1) is 20.6 Å². The number of aryl methyl sites for hydroxylation is 1. The van der Waals surface area contributed by atoms with Crippen molar-refractivity contribution in [1.29, 1.82) is 0 Å². The first-order valence-corrected chi connectivity index (χ1v) is 11.6. The predicted molar refractivity (Wildman–Crippen MR) is 129 cm³/mol. The first-order valence-electron chi connectivity index (χ1n) is 10.0. The molecule has 182 valence electrons. The number of hydrogen-bond donors (Lipinski definition) is 0. The van der Waals surface area contributed by atoms with Crippen LogP contribution in [-0.2, 0) is 19.8 Å². The molecule has 0 unspecified atom stereocenters. The second kappa shape index (κ2) is 9.52. The maximum Gasteiger partial charge on any atom is 0.431 e. The summed E-state index contributed by atoms with van der Waals surface area (Å²) in [5.41, 5.74) is -2.59. The molecule has 4 aromatic rings. The van der Waals surface area contributed by atoms with Crippen LogP contribution in [0.5, 0.6) is 5.88 Å². The third-order valence-corrected chi connectivity index (χ3v) is 6.69. The van der Waals surface area contributed by atoms with E-state index < -0.39 is 23.1 Å². The van der Waals surface area contributed by atoms with Crippen molar-refractivity contribution in [3.05, 3.63) is 95.5 Å². The van der Waals surface area contributed by atoms with Crippen LogP contribution in [-0.4, -0.2) is 14.1 Å². The molecule has 0 atom stereocenters. The molecule has 0 spiro atoms. The van der Waals surface area contributed by atoms with Crippen LogP contribution in [0.2, 0.25) is 10.0 Å². The lowest BCUT2D eigenvalue weighted by molar-refractivity contribution is -0.144. The van der Waals surface area contributed by atoms with E-state index in [1.807, 2.05) is 37.3 Å². The first-order chi connectivity index (χ1) is 16.5. The lowest BCUT2D eigenvalue weighted by Gasteiger charge is -2.15. The summed E-state index contributed by atoms with van der Waals surface area (Å²) in [4.78, 5) is 30.5. The summed E-state index contributed by atoms with van der Waals surface area (Å²) >= 11 is 13.9. The fourth-order valence-electron chi connectivity index (χ4n) is 3.35. The highest BCUT2D eigenvalue weighted by molar-refractivity contribution is 7.15. The van der Waals surface area contributed by atoms with Crippen molar-refractivity contribution in [3.63, 3.8) is 0 Å². The van der Waals surface area contributed by atoms with Crippen molar-refractivity contribution < 1.29 is 17.9 Å². The van der Waals surface area contributed by atoms with E-state index in [1.165, 1.54) is 23.5 Å². The van der Waals surface area contributed by atoms with E-state index in [1.54, 1.807) is 0 Å². The highest BCUT2D eigenvalue weighted by Gasteiger charge is 2.35. The van der Waals surface area contributed by atoms with Gasteiger partial charge in [0.15, 0.2) is 0 Å². The molecular weight excluding hydrogens is 526 g/mol. The molecule has 0 aliphatic rings. The largest absolute Gasteiger partial charge is 0.472 e. The summed E-state index contributed by atoms with van der Waals surface area (Å²) in [6.07, 6.45) is -4.88. The van der Waals surface area contributed by atoms with E-state index in [4.69, 9.17) is 27.9 Å². The summed E-state index contributed by atoms with van der Waals surface area (Å²) in [7, 11) is 0.923. The number of nitrogens with zero attached hydrogens (tertiary/aromatic N) is 3. The quantitative estimate of drug-likeness (QED) is 0.316. The number of benzene rings is 2. The number of alkyl halides is 3. The predicted octanol–water partition coefficient (Wildman–Crippen LogP) is 5.87. The number of thiazole rings is 1. The van der Waals surface area contributed by atoms with Crippen LogP contribution in [0.25, 0.3) is 16.3 Å². The maximum atomic E-state index is 13.2. The number of ether oxygens (including phenoxy) is 1. The summed E-state index contributed by atoms with van der Waals surface area (Å²) in [5.74, 6) is 0.379. The number of hydrogen-bond acceptors (Lipinski definition) is 5. The number of rotatable bonds is 5. The molecule has 0 aliphatic carbocycles. The summed E-state index contributed by atoms with van der Waals surface area (Å²) in [6.45, 7) is 2.10. The van der Waals surface area contributed by atoms with Gasteiger partial charge in [-0.3, -0.25) is 9.36 Å². The van der Waals surface area contributed by atoms with Gasteiger partial charge in [-0.05, 0) is 24.6 Å². The maximum absolute atomic E-state index is 13.2. The smallest absolute Gasteiger partial charge is 0.431 e. The lowest BCUT2D eigenvalue weighted by Crippen LogP contribution is -2.40. The molecule has 0 aliphatic heterocycles. The van der Waals surface area contributed by atoms with Gasteiger partial charge in [-0.25, -0.2) is 14.3 Å². The van der Waals surface area contributed by atoms with E-state index in [2.05, 4.69) is 4.98 Å². The van der Waals surface area contributed by atoms with Crippen molar-refractivity contribution in [2.45, 2.75) is 19.7 Å². The van der Waals surface area contributed by atoms with Crippen LogP contribution in [0.4, 0.5) is 13.2 Å². The highest BCUT2D eigenvalue weighted by Crippen LogP contribution is 2.39. The van der Waals surface area contributed by atoms with E-state index in [0.29, 0.717) is 38.3 Å². The van der Waals surface area contributed by atoms with Gasteiger partial charge in [0.1, 0.15) is 17.3 Å². The zero-order valence-electron chi connectivity index (χ0n) is 18.2. The monoisotopic (exact) mass is 541 g/mol. The Morgan fingerprint density at radius 3 is 2.40 bits per heavy atom. The minimum atomic E-state index is -4.88. The van der Waals surface area contributed by atoms with E-state index in [0.717, 1.165) is 17.5 Å². The van der Waals surface area contributed by atoms with Crippen LogP contribution < -0.4 is 16.0 Å². The molecule has 35 heavy (non-hydrogen) atoms. The van der Waals surface area contributed by atoms with Gasteiger partial charge in [0.25, 0.3) is 5.56 Å². The Labute approximate surface area is 210 Å². The average Bonchev–Trinajstić information content (AvgIpc) is 3.16. The number of aromatic nitrogens is 3. The molecule has 0 amide bonds. The van der Waals surface area contributed by atoms with Gasteiger partial charge in [-0.1, -0.05) is 53.5 Å². The molecule has 6 nitrogen and oxygen atoms in total. The van der Waals surface area contributed by atoms with Gasteiger partial charge in [0.2, 0.25) is 5.88 Å². The van der Waals surface area contributed by atoms with Crippen molar-refractivity contribution in [3.8, 4) is 22.1 Å². The van der Waals surface area contributed by atoms with Gasteiger partial charge in [0, 0.05) is 18.7 Å². The van der Waals surface area contributed by atoms with Gasteiger partial charge in [-0.2, -0.15) is 13.2 Å². The van der Waals surface area contributed by atoms with E-state index in [-0.39, 0.29) is 15.7 Å². The second-order valence-corrected chi connectivity index (χ2v) is 9.50. The molecule has 2 aromatic heterocycles.